The molecule has 1 aliphatic rings. The van der Waals surface area contributed by atoms with E-state index in [0.29, 0.717) is 17.4 Å². The first-order valence-corrected chi connectivity index (χ1v) is 7.17. The monoisotopic (exact) mass is 298 g/mol. The van der Waals surface area contributed by atoms with Crippen LogP contribution in [0.5, 0.6) is 0 Å². The molecule has 21 heavy (non-hydrogen) atoms. The van der Waals surface area contributed by atoms with Crippen LogP contribution in [-0.4, -0.2) is 34.8 Å². The normalized spacial score (nSPS) is 16.3. The van der Waals surface area contributed by atoms with Crippen LogP contribution in [0.1, 0.15) is 52.9 Å². The van der Waals surface area contributed by atoms with Crippen molar-refractivity contribution in [2.45, 2.75) is 58.9 Å². The molecule has 0 aromatic carbocycles. The lowest BCUT2D eigenvalue weighted by atomic mass is 10.1. The second-order valence-electron chi connectivity index (χ2n) is 5.50. The average molecular weight is 298 g/mol. The number of hydroxylamine groups is 2. The van der Waals surface area contributed by atoms with Gasteiger partial charge in [-0.2, -0.15) is 0 Å². The highest BCUT2D eigenvalue weighted by Crippen LogP contribution is 2.13. The molecule has 1 aliphatic heterocycles. The van der Waals surface area contributed by atoms with Crippen molar-refractivity contribution in [1.82, 2.24) is 10.4 Å². The Bertz CT molecular complexity index is 417. The summed E-state index contributed by atoms with van der Waals surface area (Å²) in [5.41, 5.74) is 0. The summed E-state index contributed by atoms with van der Waals surface area (Å²) in [6.45, 7) is 5.93. The van der Waals surface area contributed by atoms with Crippen molar-refractivity contribution in [3.05, 3.63) is 0 Å². The number of amides is 3. The summed E-state index contributed by atoms with van der Waals surface area (Å²) in [4.78, 5) is 50.3. The number of nitrogens with zero attached hydrogens (tertiary/aromatic N) is 1. The summed E-state index contributed by atoms with van der Waals surface area (Å²) in [5.74, 6) is -1.47. The molecule has 0 aromatic rings. The van der Waals surface area contributed by atoms with E-state index in [-0.39, 0.29) is 37.6 Å². The summed E-state index contributed by atoms with van der Waals surface area (Å²) < 4.78 is 0. The third-order valence-corrected chi connectivity index (χ3v) is 3.37. The molecule has 118 valence electrons. The average Bonchev–Trinajstić information content (AvgIpc) is 2.70. The van der Waals surface area contributed by atoms with Gasteiger partial charge in [0.25, 0.3) is 11.8 Å². The van der Waals surface area contributed by atoms with Crippen molar-refractivity contribution in [3.8, 4) is 0 Å². The molecule has 1 atom stereocenters. The standard InChI is InChI=1S/C14H22N2O5/c1-9(2)10(3)15-11(17)5-4-6-14(20)21-16-12(18)7-8-13(16)19/h9-10H,4-8H2,1-3H3,(H,15,17). The van der Waals surface area contributed by atoms with E-state index in [1.54, 1.807) is 0 Å². The maximum Gasteiger partial charge on any atom is 0.333 e. The highest BCUT2D eigenvalue weighted by atomic mass is 16.7. The van der Waals surface area contributed by atoms with E-state index < -0.39 is 17.8 Å². The molecule has 0 aromatic heterocycles. The van der Waals surface area contributed by atoms with Crippen molar-refractivity contribution in [2.24, 2.45) is 5.92 Å². The van der Waals surface area contributed by atoms with Gasteiger partial charge in [0.15, 0.2) is 0 Å². The first-order chi connectivity index (χ1) is 9.81. The molecule has 0 aliphatic carbocycles. The van der Waals surface area contributed by atoms with Crippen LogP contribution in [-0.2, 0) is 24.0 Å². The Morgan fingerprint density at radius 1 is 1.14 bits per heavy atom. The zero-order valence-electron chi connectivity index (χ0n) is 12.7. The van der Waals surface area contributed by atoms with Crippen molar-refractivity contribution in [3.63, 3.8) is 0 Å². The van der Waals surface area contributed by atoms with E-state index in [1.807, 2.05) is 20.8 Å². The van der Waals surface area contributed by atoms with Crippen LogP contribution in [0.3, 0.4) is 0 Å². The van der Waals surface area contributed by atoms with Gasteiger partial charge in [-0.25, -0.2) is 4.79 Å². The fourth-order valence-electron chi connectivity index (χ4n) is 1.69. The van der Waals surface area contributed by atoms with Gasteiger partial charge >= 0.3 is 5.97 Å². The minimum atomic E-state index is -0.677. The first kappa shape index (κ1) is 17.1. The zero-order valence-corrected chi connectivity index (χ0v) is 12.7. The largest absolute Gasteiger partial charge is 0.353 e. The van der Waals surface area contributed by atoms with E-state index in [9.17, 15) is 19.2 Å². The van der Waals surface area contributed by atoms with Gasteiger partial charge in [0.2, 0.25) is 5.91 Å². The topological polar surface area (TPSA) is 92.8 Å². The van der Waals surface area contributed by atoms with E-state index in [4.69, 9.17) is 4.84 Å². The lowest BCUT2D eigenvalue weighted by Gasteiger charge is -2.17. The Kier molecular flexibility index (Phi) is 6.33. The van der Waals surface area contributed by atoms with Crippen molar-refractivity contribution >= 4 is 23.7 Å². The minimum absolute atomic E-state index is 0.0134. The lowest BCUT2D eigenvalue weighted by Crippen LogP contribution is -2.36. The molecule has 0 spiro atoms. The smallest absolute Gasteiger partial charge is 0.333 e. The van der Waals surface area contributed by atoms with Gasteiger partial charge in [0.05, 0.1) is 0 Å². The summed E-state index contributed by atoms with van der Waals surface area (Å²) in [6, 6.07) is 0.0734. The molecule has 0 radical (unpaired) electrons. The van der Waals surface area contributed by atoms with Gasteiger partial charge in [0, 0.05) is 31.7 Å². The number of rotatable bonds is 7. The first-order valence-electron chi connectivity index (χ1n) is 7.17. The maximum atomic E-state index is 11.6. The lowest BCUT2D eigenvalue weighted by molar-refractivity contribution is -0.197. The van der Waals surface area contributed by atoms with Crippen molar-refractivity contribution in [2.75, 3.05) is 0 Å². The quantitative estimate of drug-likeness (QED) is 0.706. The molecule has 0 bridgehead atoms. The Morgan fingerprint density at radius 2 is 1.71 bits per heavy atom. The van der Waals surface area contributed by atoms with Gasteiger partial charge in [-0.3, -0.25) is 14.4 Å². The number of carbonyl (C=O) groups excluding carboxylic acids is 4. The SMILES string of the molecule is CC(C)C(C)NC(=O)CCCC(=O)ON1C(=O)CCC1=O. The Morgan fingerprint density at radius 3 is 2.24 bits per heavy atom. The highest BCUT2D eigenvalue weighted by molar-refractivity contribution is 6.01. The van der Waals surface area contributed by atoms with Crippen molar-refractivity contribution in [1.29, 1.82) is 0 Å². The molecular formula is C14H22N2O5. The van der Waals surface area contributed by atoms with Crippen molar-refractivity contribution < 1.29 is 24.0 Å². The van der Waals surface area contributed by atoms with Gasteiger partial charge in [0.1, 0.15) is 0 Å². The molecule has 3 amide bonds. The predicted octanol–water partition coefficient (Wildman–Crippen LogP) is 0.925. The summed E-state index contributed by atoms with van der Waals surface area (Å²) in [6.07, 6.45) is 0.642. The highest BCUT2D eigenvalue weighted by Gasteiger charge is 2.32. The van der Waals surface area contributed by atoms with Gasteiger partial charge < -0.3 is 10.2 Å². The van der Waals surface area contributed by atoms with Crippen LogP contribution < -0.4 is 5.32 Å². The Labute approximate surface area is 124 Å². The molecule has 7 heteroatoms. The predicted molar refractivity (Wildman–Crippen MR) is 73.5 cm³/mol. The summed E-state index contributed by atoms with van der Waals surface area (Å²) in [5, 5.41) is 3.35. The molecule has 1 saturated heterocycles. The Hall–Kier alpha value is -1.92. The van der Waals surface area contributed by atoms with Crippen LogP contribution in [0.15, 0.2) is 0 Å². The van der Waals surface area contributed by atoms with Crippen LogP contribution in [0.4, 0.5) is 0 Å². The number of nitrogens with one attached hydrogen (secondary N) is 1. The minimum Gasteiger partial charge on any atom is -0.353 e. The molecule has 1 fully saturated rings. The molecule has 0 saturated carbocycles. The van der Waals surface area contributed by atoms with Gasteiger partial charge in [-0.1, -0.05) is 13.8 Å². The van der Waals surface area contributed by atoms with Crippen LogP contribution >= 0.6 is 0 Å². The number of carbonyl (C=O) groups is 4. The van der Waals surface area contributed by atoms with E-state index in [1.165, 1.54) is 0 Å². The number of hydrogen-bond donors (Lipinski definition) is 1. The van der Waals surface area contributed by atoms with Crippen LogP contribution in [0.2, 0.25) is 0 Å². The van der Waals surface area contributed by atoms with E-state index >= 15 is 0 Å². The second-order valence-corrected chi connectivity index (χ2v) is 5.50. The Balaban J connectivity index is 2.23. The molecule has 1 rings (SSSR count). The molecule has 1 N–H and O–H groups in total. The number of hydrogen-bond acceptors (Lipinski definition) is 5. The molecule has 1 unspecified atom stereocenters. The van der Waals surface area contributed by atoms with Crippen LogP contribution in [0, 0.1) is 5.92 Å². The summed E-state index contributed by atoms with van der Waals surface area (Å²) in [7, 11) is 0. The third kappa shape index (κ3) is 5.53. The molecule has 1 heterocycles. The van der Waals surface area contributed by atoms with E-state index in [2.05, 4.69) is 5.32 Å². The zero-order chi connectivity index (χ0) is 16.0. The second kappa shape index (κ2) is 7.75. The molecule has 7 nitrogen and oxygen atoms in total. The van der Waals surface area contributed by atoms with Gasteiger partial charge in [-0.15, -0.1) is 5.06 Å². The molecular weight excluding hydrogens is 276 g/mol. The fourth-order valence-corrected chi connectivity index (χ4v) is 1.69. The summed E-state index contributed by atoms with van der Waals surface area (Å²) >= 11 is 0. The maximum absolute atomic E-state index is 11.6. The third-order valence-electron chi connectivity index (χ3n) is 3.37. The number of imide groups is 1. The van der Waals surface area contributed by atoms with E-state index in [0.717, 1.165) is 0 Å². The van der Waals surface area contributed by atoms with Gasteiger partial charge in [-0.05, 0) is 19.3 Å². The fraction of sp³-hybridized carbons (Fsp3) is 0.714. The van der Waals surface area contributed by atoms with Crippen LogP contribution in [0.25, 0.3) is 0 Å².